The lowest BCUT2D eigenvalue weighted by molar-refractivity contribution is -0.128. The third-order valence-electron chi connectivity index (χ3n) is 3.04. The monoisotopic (exact) mass is 277 g/mol. The summed E-state index contributed by atoms with van der Waals surface area (Å²) in [6, 6.07) is 6.95. The number of rotatable bonds is 3. The van der Waals surface area contributed by atoms with E-state index in [1.807, 2.05) is 0 Å². The van der Waals surface area contributed by atoms with Gasteiger partial charge in [-0.25, -0.2) is 0 Å². The summed E-state index contributed by atoms with van der Waals surface area (Å²) < 4.78 is 5.39. The topological polar surface area (TPSA) is 70.7 Å². The molecule has 0 aromatic heterocycles. The van der Waals surface area contributed by atoms with Crippen LogP contribution in [0.15, 0.2) is 24.3 Å². The highest BCUT2D eigenvalue weighted by molar-refractivity contribution is 6.04. The van der Waals surface area contributed by atoms with Crippen molar-refractivity contribution in [3.63, 3.8) is 0 Å². The number of morpholine rings is 1. The fraction of sp³-hybridized carbons (Fsp3) is 0.429. The number of ether oxygens (including phenoxy) is 1. The molecule has 6 nitrogen and oxygen atoms in total. The highest BCUT2D eigenvalue weighted by Gasteiger charge is 2.23. The van der Waals surface area contributed by atoms with Gasteiger partial charge in [-0.05, 0) is 12.1 Å². The van der Waals surface area contributed by atoms with Crippen molar-refractivity contribution in [2.75, 3.05) is 39.1 Å². The summed E-state index contributed by atoms with van der Waals surface area (Å²) in [6.45, 7) is 1.74. The first-order valence-corrected chi connectivity index (χ1v) is 6.53. The number of amides is 2. The van der Waals surface area contributed by atoms with Crippen LogP contribution in [0.1, 0.15) is 10.4 Å². The largest absolute Gasteiger partial charge is 0.366 e. The van der Waals surface area contributed by atoms with Crippen molar-refractivity contribution < 1.29 is 14.3 Å². The minimum absolute atomic E-state index is 0.149. The second kappa shape index (κ2) is 6.49. The van der Waals surface area contributed by atoms with Gasteiger partial charge in [-0.2, -0.15) is 0 Å². The molecular formula is C14H19N3O3. The van der Waals surface area contributed by atoms with E-state index >= 15 is 0 Å². The van der Waals surface area contributed by atoms with Crippen LogP contribution in [0.5, 0.6) is 0 Å². The molecular weight excluding hydrogens is 258 g/mol. The maximum atomic E-state index is 12.1. The number of nitrogens with one attached hydrogen (secondary N) is 2. The lowest BCUT2D eigenvalue weighted by Gasteiger charge is -2.23. The van der Waals surface area contributed by atoms with Gasteiger partial charge in [0, 0.05) is 27.2 Å². The van der Waals surface area contributed by atoms with Crippen molar-refractivity contribution in [3.8, 4) is 0 Å². The predicted molar refractivity (Wildman–Crippen MR) is 75.7 cm³/mol. The predicted octanol–water partition coefficient (Wildman–Crippen LogP) is 0.315. The van der Waals surface area contributed by atoms with E-state index in [1.165, 1.54) is 4.90 Å². The first-order chi connectivity index (χ1) is 9.59. The molecule has 1 fully saturated rings. The van der Waals surface area contributed by atoms with Gasteiger partial charge in [0.25, 0.3) is 11.8 Å². The van der Waals surface area contributed by atoms with E-state index in [0.717, 1.165) is 6.54 Å². The van der Waals surface area contributed by atoms with Crippen molar-refractivity contribution in [2.45, 2.75) is 6.10 Å². The standard InChI is InChI=1S/C14H19N3O3/c1-17(2)14(19)10-5-3-4-6-11(10)16-13(18)12-9-15-7-8-20-12/h3-6,12,15H,7-9H2,1-2H3,(H,16,18). The summed E-state index contributed by atoms with van der Waals surface area (Å²) in [5.74, 6) is -0.389. The van der Waals surface area contributed by atoms with E-state index in [-0.39, 0.29) is 11.8 Å². The van der Waals surface area contributed by atoms with Crippen molar-refractivity contribution in [3.05, 3.63) is 29.8 Å². The first-order valence-electron chi connectivity index (χ1n) is 6.53. The van der Waals surface area contributed by atoms with Crippen LogP contribution in [0.2, 0.25) is 0 Å². The third kappa shape index (κ3) is 3.34. The molecule has 0 aliphatic carbocycles. The molecule has 6 heteroatoms. The fourth-order valence-corrected chi connectivity index (χ4v) is 1.97. The normalized spacial score (nSPS) is 18.4. The highest BCUT2D eigenvalue weighted by Crippen LogP contribution is 2.17. The van der Waals surface area contributed by atoms with Crippen molar-refractivity contribution >= 4 is 17.5 Å². The van der Waals surface area contributed by atoms with E-state index in [0.29, 0.717) is 24.4 Å². The molecule has 1 aliphatic heterocycles. The highest BCUT2D eigenvalue weighted by atomic mass is 16.5. The third-order valence-corrected chi connectivity index (χ3v) is 3.04. The molecule has 108 valence electrons. The second-order valence-electron chi connectivity index (χ2n) is 4.80. The zero-order valence-corrected chi connectivity index (χ0v) is 11.7. The molecule has 2 amide bonds. The van der Waals surface area contributed by atoms with Crippen LogP contribution in [-0.2, 0) is 9.53 Å². The molecule has 1 aromatic rings. The molecule has 0 bridgehead atoms. The Hall–Kier alpha value is -1.92. The minimum Gasteiger partial charge on any atom is -0.366 e. The van der Waals surface area contributed by atoms with Crippen molar-refractivity contribution in [1.82, 2.24) is 10.2 Å². The quantitative estimate of drug-likeness (QED) is 0.834. The van der Waals surface area contributed by atoms with Crippen LogP contribution in [0.3, 0.4) is 0 Å². The van der Waals surface area contributed by atoms with Gasteiger partial charge in [-0.3, -0.25) is 9.59 Å². The number of benzene rings is 1. The number of nitrogens with zero attached hydrogens (tertiary/aromatic N) is 1. The molecule has 1 atom stereocenters. The average molecular weight is 277 g/mol. The van der Waals surface area contributed by atoms with Gasteiger partial charge in [0.1, 0.15) is 6.10 Å². The Kier molecular flexibility index (Phi) is 4.70. The van der Waals surface area contributed by atoms with Crippen LogP contribution >= 0.6 is 0 Å². The molecule has 2 rings (SSSR count). The van der Waals surface area contributed by atoms with Gasteiger partial charge in [0.2, 0.25) is 0 Å². The van der Waals surface area contributed by atoms with Gasteiger partial charge in [0.05, 0.1) is 17.9 Å². The molecule has 0 radical (unpaired) electrons. The number of para-hydroxylation sites is 1. The summed E-state index contributed by atoms with van der Waals surface area (Å²) >= 11 is 0. The number of hydrogen-bond donors (Lipinski definition) is 2. The SMILES string of the molecule is CN(C)C(=O)c1ccccc1NC(=O)C1CNCCO1. The molecule has 0 spiro atoms. The molecule has 1 aliphatic rings. The van der Waals surface area contributed by atoms with Crippen LogP contribution in [0.4, 0.5) is 5.69 Å². The second-order valence-corrected chi connectivity index (χ2v) is 4.80. The minimum atomic E-state index is -0.522. The summed E-state index contributed by atoms with van der Waals surface area (Å²) in [7, 11) is 3.35. The molecule has 1 unspecified atom stereocenters. The molecule has 1 saturated heterocycles. The summed E-state index contributed by atoms with van der Waals surface area (Å²) in [5, 5.41) is 5.86. The number of carbonyl (C=O) groups excluding carboxylic acids is 2. The Morgan fingerprint density at radius 3 is 2.75 bits per heavy atom. The molecule has 0 saturated carbocycles. The van der Waals surface area contributed by atoms with Crippen molar-refractivity contribution in [2.24, 2.45) is 0 Å². The van der Waals surface area contributed by atoms with Crippen LogP contribution in [0, 0.1) is 0 Å². The maximum absolute atomic E-state index is 12.1. The molecule has 20 heavy (non-hydrogen) atoms. The number of anilines is 1. The van der Waals surface area contributed by atoms with Gasteiger partial charge >= 0.3 is 0 Å². The average Bonchev–Trinajstić information content (AvgIpc) is 2.48. The zero-order valence-electron chi connectivity index (χ0n) is 11.7. The van der Waals surface area contributed by atoms with Gasteiger partial charge in [0.15, 0.2) is 0 Å². The molecule has 2 N–H and O–H groups in total. The molecule has 1 aromatic carbocycles. The maximum Gasteiger partial charge on any atom is 0.255 e. The lowest BCUT2D eigenvalue weighted by Crippen LogP contribution is -2.45. The Morgan fingerprint density at radius 2 is 2.10 bits per heavy atom. The van der Waals surface area contributed by atoms with Crippen LogP contribution in [0.25, 0.3) is 0 Å². The van der Waals surface area contributed by atoms with Crippen LogP contribution < -0.4 is 10.6 Å². The Labute approximate surface area is 118 Å². The van der Waals surface area contributed by atoms with Crippen LogP contribution in [-0.4, -0.2) is 56.6 Å². The van der Waals surface area contributed by atoms with Gasteiger partial charge in [-0.1, -0.05) is 12.1 Å². The van der Waals surface area contributed by atoms with Crippen molar-refractivity contribution in [1.29, 1.82) is 0 Å². The number of hydrogen-bond acceptors (Lipinski definition) is 4. The Morgan fingerprint density at radius 1 is 1.35 bits per heavy atom. The Bertz CT molecular complexity index is 496. The Balaban J connectivity index is 2.12. The lowest BCUT2D eigenvalue weighted by atomic mass is 10.1. The first kappa shape index (κ1) is 14.5. The zero-order chi connectivity index (χ0) is 14.5. The summed E-state index contributed by atoms with van der Waals surface area (Å²) in [5.41, 5.74) is 0.972. The van der Waals surface area contributed by atoms with E-state index in [2.05, 4.69) is 10.6 Å². The van der Waals surface area contributed by atoms with Gasteiger partial charge in [-0.15, -0.1) is 0 Å². The van der Waals surface area contributed by atoms with E-state index < -0.39 is 6.10 Å². The summed E-state index contributed by atoms with van der Waals surface area (Å²) in [4.78, 5) is 25.6. The summed E-state index contributed by atoms with van der Waals surface area (Å²) in [6.07, 6.45) is -0.522. The fourth-order valence-electron chi connectivity index (χ4n) is 1.97. The van der Waals surface area contributed by atoms with E-state index in [9.17, 15) is 9.59 Å². The van der Waals surface area contributed by atoms with E-state index in [4.69, 9.17) is 4.74 Å². The van der Waals surface area contributed by atoms with E-state index in [1.54, 1.807) is 38.4 Å². The molecule has 1 heterocycles. The van der Waals surface area contributed by atoms with Gasteiger partial charge < -0.3 is 20.3 Å². The number of carbonyl (C=O) groups is 2. The smallest absolute Gasteiger partial charge is 0.255 e.